The van der Waals surface area contributed by atoms with Gasteiger partial charge in [0.25, 0.3) is 0 Å². The van der Waals surface area contributed by atoms with Crippen molar-refractivity contribution >= 4 is 5.76 Å². The molecule has 0 saturated carbocycles. The van der Waals surface area contributed by atoms with E-state index in [1.165, 1.54) is 12.4 Å². The molecule has 1 rings (SSSR count). The quantitative estimate of drug-likeness (QED) is 0.651. The monoisotopic (exact) mass is 175 g/mol. The van der Waals surface area contributed by atoms with Gasteiger partial charge in [0.1, 0.15) is 17.5 Å². The van der Waals surface area contributed by atoms with Crippen molar-refractivity contribution in [2.45, 2.75) is 6.92 Å². The van der Waals surface area contributed by atoms with Crippen LogP contribution >= 0.6 is 0 Å². The largest absolute Gasteiger partial charge is 0.492 e. The summed E-state index contributed by atoms with van der Waals surface area (Å²) in [4.78, 5) is 7.79. The molecular weight excluding hydrogens is 166 g/mol. The predicted octanol–water partition coefficient (Wildman–Crippen LogP) is 1.36. The highest BCUT2D eigenvalue weighted by Crippen LogP contribution is 2.12. The number of hydrogen-bond acceptors (Lipinski definition) is 4. The van der Waals surface area contributed by atoms with E-state index in [9.17, 15) is 0 Å². The first-order chi connectivity index (χ1) is 6.29. The first-order valence-electron chi connectivity index (χ1n) is 3.82. The summed E-state index contributed by atoms with van der Waals surface area (Å²) in [5.41, 5.74) is 0.646. The van der Waals surface area contributed by atoms with Gasteiger partial charge in [-0.1, -0.05) is 6.58 Å². The first-order valence-corrected chi connectivity index (χ1v) is 3.82. The van der Waals surface area contributed by atoms with Crippen LogP contribution < -0.4 is 0 Å². The lowest BCUT2D eigenvalue weighted by molar-refractivity contribution is 0.297. The lowest BCUT2D eigenvalue weighted by atomic mass is 10.3. The fourth-order valence-corrected chi connectivity index (χ4v) is 0.866. The lowest BCUT2D eigenvalue weighted by Crippen LogP contribution is -1.98. The van der Waals surface area contributed by atoms with Crippen LogP contribution in [-0.2, 0) is 4.74 Å². The summed E-state index contributed by atoms with van der Waals surface area (Å²) < 4.78 is 5.12. The Bertz CT molecular complexity index is 354. The van der Waals surface area contributed by atoms with E-state index < -0.39 is 0 Å². The summed E-state index contributed by atoms with van der Waals surface area (Å²) >= 11 is 0. The first kappa shape index (κ1) is 9.20. The molecule has 1 aromatic heterocycles. The predicted molar refractivity (Wildman–Crippen MR) is 47.4 cm³/mol. The van der Waals surface area contributed by atoms with Crippen molar-refractivity contribution in [3.05, 3.63) is 30.4 Å². The highest BCUT2D eigenvalue weighted by molar-refractivity contribution is 5.58. The smallest absolute Gasteiger partial charge is 0.169 e. The van der Waals surface area contributed by atoms with Crippen LogP contribution in [0.2, 0.25) is 0 Å². The van der Waals surface area contributed by atoms with Crippen LogP contribution in [-0.4, -0.2) is 16.6 Å². The van der Waals surface area contributed by atoms with Crippen LogP contribution in [0.4, 0.5) is 0 Å². The molecule has 0 bridgehead atoms. The molecule has 0 aliphatic heterocycles. The zero-order chi connectivity index (χ0) is 9.68. The molecule has 0 spiro atoms. The molecule has 1 aromatic rings. The Morgan fingerprint density at radius 2 is 2.31 bits per heavy atom. The molecule has 0 unspecified atom stereocenters. The van der Waals surface area contributed by atoms with Crippen LogP contribution in [0.15, 0.2) is 19.0 Å². The van der Waals surface area contributed by atoms with Crippen molar-refractivity contribution in [2.24, 2.45) is 0 Å². The Balaban J connectivity index is 3.01. The van der Waals surface area contributed by atoms with Crippen molar-refractivity contribution in [1.29, 1.82) is 5.26 Å². The van der Waals surface area contributed by atoms with Crippen LogP contribution in [0.5, 0.6) is 0 Å². The van der Waals surface area contributed by atoms with Gasteiger partial charge in [-0.05, 0) is 6.92 Å². The minimum atomic E-state index is 0.237. The minimum Gasteiger partial charge on any atom is -0.492 e. The second kappa shape index (κ2) is 4.21. The molecule has 0 radical (unpaired) electrons. The number of nitrogens with zero attached hydrogens (tertiary/aromatic N) is 3. The lowest BCUT2D eigenvalue weighted by Gasteiger charge is -2.05. The summed E-state index contributed by atoms with van der Waals surface area (Å²) in [5, 5.41) is 8.69. The van der Waals surface area contributed by atoms with E-state index in [0.29, 0.717) is 18.1 Å². The van der Waals surface area contributed by atoms with E-state index in [-0.39, 0.29) is 5.69 Å². The van der Waals surface area contributed by atoms with Gasteiger partial charge in [-0.3, -0.25) is 0 Å². The van der Waals surface area contributed by atoms with Gasteiger partial charge in [-0.15, -0.1) is 0 Å². The van der Waals surface area contributed by atoms with Crippen molar-refractivity contribution in [3.63, 3.8) is 0 Å². The molecule has 0 fully saturated rings. The van der Waals surface area contributed by atoms with Crippen molar-refractivity contribution < 1.29 is 4.74 Å². The maximum atomic E-state index is 8.69. The third kappa shape index (κ3) is 2.03. The molecule has 0 N–H and O–H groups in total. The highest BCUT2D eigenvalue weighted by Gasteiger charge is 2.07. The molecule has 66 valence electrons. The maximum absolute atomic E-state index is 8.69. The normalized spacial score (nSPS) is 8.92. The molecule has 0 amide bonds. The van der Waals surface area contributed by atoms with Gasteiger partial charge in [-0.25, -0.2) is 9.97 Å². The molecule has 0 saturated heterocycles. The molecule has 0 aromatic carbocycles. The maximum Gasteiger partial charge on any atom is 0.169 e. The Labute approximate surface area is 76.5 Å². The van der Waals surface area contributed by atoms with Crippen LogP contribution in [0, 0.1) is 11.3 Å². The highest BCUT2D eigenvalue weighted by atomic mass is 16.5. The standard InChI is InChI=1S/C9H9N3O/c1-3-13-7(2)9-8(6-10)11-4-5-12-9/h4-5H,2-3H2,1H3. The van der Waals surface area contributed by atoms with Gasteiger partial charge in [0.05, 0.1) is 6.61 Å². The third-order valence-corrected chi connectivity index (χ3v) is 1.39. The Hall–Kier alpha value is -1.89. The van der Waals surface area contributed by atoms with Crippen molar-refractivity contribution in [1.82, 2.24) is 9.97 Å². The summed E-state index contributed by atoms with van der Waals surface area (Å²) in [7, 11) is 0. The molecule has 13 heavy (non-hydrogen) atoms. The number of ether oxygens (including phenoxy) is 1. The molecule has 0 aliphatic carbocycles. The summed E-state index contributed by atoms with van der Waals surface area (Å²) in [6.07, 6.45) is 2.96. The summed E-state index contributed by atoms with van der Waals surface area (Å²) in [6, 6.07) is 1.92. The van der Waals surface area contributed by atoms with Gasteiger partial charge in [-0.2, -0.15) is 5.26 Å². The van der Waals surface area contributed by atoms with Crippen LogP contribution in [0.1, 0.15) is 18.3 Å². The zero-order valence-electron chi connectivity index (χ0n) is 7.32. The molecule has 4 nitrogen and oxygen atoms in total. The van der Waals surface area contributed by atoms with Gasteiger partial charge in [0.15, 0.2) is 5.69 Å². The number of aromatic nitrogens is 2. The number of nitriles is 1. The van der Waals surface area contributed by atoms with Crippen molar-refractivity contribution in [3.8, 4) is 6.07 Å². The van der Waals surface area contributed by atoms with Crippen LogP contribution in [0.25, 0.3) is 5.76 Å². The average Bonchev–Trinajstić information content (AvgIpc) is 2.18. The van der Waals surface area contributed by atoms with Crippen molar-refractivity contribution in [2.75, 3.05) is 6.61 Å². The third-order valence-electron chi connectivity index (χ3n) is 1.39. The minimum absolute atomic E-state index is 0.237. The van der Waals surface area contributed by atoms with Gasteiger partial charge >= 0.3 is 0 Å². The zero-order valence-corrected chi connectivity index (χ0v) is 7.32. The SMILES string of the molecule is C=C(OCC)c1nccnc1C#N. The van der Waals surface area contributed by atoms with E-state index in [4.69, 9.17) is 10.00 Å². The van der Waals surface area contributed by atoms with E-state index in [2.05, 4.69) is 16.5 Å². The van der Waals surface area contributed by atoms with Gasteiger partial charge in [0, 0.05) is 12.4 Å². The average molecular weight is 175 g/mol. The van der Waals surface area contributed by atoms with Crippen LogP contribution in [0.3, 0.4) is 0 Å². The number of rotatable bonds is 3. The summed E-state index contributed by atoms with van der Waals surface area (Å²) in [6.45, 7) is 5.99. The molecular formula is C9H9N3O. The Kier molecular flexibility index (Phi) is 2.98. The Morgan fingerprint density at radius 3 is 2.92 bits per heavy atom. The molecule has 1 heterocycles. The Morgan fingerprint density at radius 1 is 1.62 bits per heavy atom. The van der Waals surface area contributed by atoms with E-state index >= 15 is 0 Å². The second-order valence-corrected chi connectivity index (χ2v) is 2.22. The molecule has 0 aliphatic rings. The topological polar surface area (TPSA) is 58.8 Å². The fraction of sp³-hybridized carbons (Fsp3) is 0.222. The summed E-state index contributed by atoms with van der Waals surface area (Å²) in [5.74, 6) is 0.382. The molecule has 4 heteroatoms. The van der Waals surface area contributed by atoms with E-state index in [1.807, 2.05) is 13.0 Å². The van der Waals surface area contributed by atoms with E-state index in [1.54, 1.807) is 0 Å². The number of hydrogen-bond donors (Lipinski definition) is 0. The fourth-order valence-electron chi connectivity index (χ4n) is 0.866. The second-order valence-electron chi connectivity index (χ2n) is 2.22. The van der Waals surface area contributed by atoms with E-state index in [0.717, 1.165) is 0 Å². The van der Waals surface area contributed by atoms with Gasteiger partial charge in [0.2, 0.25) is 0 Å². The molecule has 0 atom stereocenters. The van der Waals surface area contributed by atoms with Gasteiger partial charge < -0.3 is 4.74 Å².